The number of carbonyl (C=O) groups is 1. The molecule has 0 unspecified atom stereocenters. The lowest BCUT2D eigenvalue weighted by Gasteiger charge is -2.06. The quantitative estimate of drug-likeness (QED) is 0.704. The van der Waals surface area contributed by atoms with Gasteiger partial charge >= 0.3 is 11.9 Å². The molecule has 25 heavy (non-hydrogen) atoms. The van der Waals surface area contributed by atoms with Gasteiger partial charge in [0.05, 0.1) is 12.0 Å². The van der Waals surface area contributed by atoms with Crippen molar-refractivity contribution in [3.63, 3.8) is 0 Å². The van der Waals surface area contributed by atoms with Crippen molar-refractivity contribution in [3.8, 4) is 11.3 Å². The van der Waals surface area contributed by atoms with E-state index in [2.05, 4.69) is 14.4 Å². The van der Waals surface area contributed by atoms with Crippen LogP contribution in [0.2, 0.25) is 0 Å². The Hall–Kier alpha value is -3.13. The summed E-state index contributed by atoms with van der Waals surface area (Å²) in [4.78, 5) is 15.8. The molecular formula is C17H14N2O5S. The zero-order chi connectivity index (χ0) is 17.9. The Balaban J connectivity index is 2.06. The molecule has 0 spiro atoms. The Morgan fingerprint density at radius 3 is 2.24 bits per heavy atom. The third kappa shape index (κ3) is 3.53. The maximum Gasteiger partial charge on any atom is 0.394 e. The summed E-state index contributed by atoms with van der Waals surface area (Å²) in [7, 11) is -2.72. The van der Waals surface area contributed by atoms with Gasteiger partial charge in [0.25, 0.3) is 10.0 Å². The average Bonchev–Trinajstić information content (AvgIpc) is 3.05. The fourth-order valence-corrected chi connectivity index (χ4v) is 3.15. The van der Waals surface area contributed by atoms with Crippen molar-refractivity contribution in [3.05, 3.63) is 66.6 Å². The fraction of sp³-hybridized carbons (Fsp3) is 0.0588. The number of nitrogens with zero attached hydrogens (tertiary/aromatic N) is 1. The molecule has 1 aromatic heterocycles. The van der Waals surface area contributed by atoms with Crippen LogP contribution in [-0.2, 0) is 14.8 Å². The van der Waals surface area contributed by atoms with E-state index >= 15 is 0 Å². The third-order valence-electron chi connectivity index (χ3n) is 3.31. The SMILES string of the molecule is COC(=O)c1nc(-c2ccccc2)c(NS(=O)(=O)c2ccccc2)o1. The molecule has 1 N–H and O–H groups in total. The minimum absolute atomic E-state index is 0.0602. The van der Waals surface area contributed by atoms with E-state index in [9.17, 15) is 13.2 Å². The van der Waals surface area contributed by atoms with E-state index in [0.717, 1.165) is 0 Å². The topological polar surface area (TPSA) is 98.5 Å². The zero-order valence-corrected chi connectivity index (χ0v) is 14.0. The molecule has 0 fully saturated rings. The molecule has 0 saturated heterocycles. The summed E-state index contributed by atoms with van der Waals surface area (Å²) >= 11 is 0. The van der Waals surface area contributed by atoms with Crippen LogP contribution in [-0.4, -0.2) is 26.5 Å². The van der Waals surface area contributed by atoms with Gasteiger partial charge in [-0.15, -0.1) is 0 Å². The highest BCUT2D eigenvalue weighted by Crippen LogP contribution is 2.30. The molecule has 8 heteroatoms. The Morgan fingerprint density at radius 1 is 1.04 bits per heavy atom. The van der Waals surface area contributed by atoms with Gasteiger partial charge in [0.1, 0.15) is 5.69 Å². The number of methoxy groups -OCH3 is 1. The van der Waals surface area contributed by atoms with E-state index in [1.165, 1.54) is 19.2 Å². The van der Waals surface area contributed by atoms with Gasteiger partial charge in [-0.2, -0.15) is 0 Å². The van der Waals surface area contributed by atoms with E-state index in [-0.39, 0.29) is 22.4 Å². The summed E-state index contributed by atoms with van der Waals surface area (Å²) in [5.41, 5.74) is 0.785. The Bertz CT molecular complexity index is 982. The molecule has 2 aromatic carbocycles. The number of oxazole rings is 1. The molecule has 0 atom stereocenters. The van der Waals surface area contributed by atoms with E-state index in [1.807, 2.05) is 0 Å². The molecule has 0 bridgehead atoms. The van der Waals surface area contributed by atoms with Crippen molar-refractivity contribution in [2.75, 3.05) is 11.8 Å². The minimum Gasteiger partial charge on any atom is -0.462 e. The number of hydrogen-bond acceptors (Lipinski definition) is 6. The number of aromatic nitrogens is 1. The Labute approximate surface area is 144 Å². The molecule has 1 heterocycles. The highest BCUT2D eigenvalue weighted by molar-refractivity contribution is 7.92. The molecule has 3 rings (SSSR count). The second-order valence-electron chi connectivity index (χ2n) is 4.97. The van der Waals surface area contributed by atoms with Crippen LogP contribution in [0.1, 0.15) is 10.7 Å². The van der Waals surface area contributed by atoms with Crippen molar-refractivity contribution in [1.29, 1.82) is 0 Å². The summed E-state index contributed by atoms with van der Waals surface area (Å²) in [5.74, 6) is -1.30. The van der Waals surface area contributed by atoms with Gasteiger partial charge in [0.15, 0.2) is 0 Å². The van der Waals surface area contributed by atoms with Crippen LogP contribution in [0.15, 0.2) is 70.0 Å². The van der Waals surface area contributed by atoms with Crippen LogP contribution in [0.25, 0.3) is 11.3 Å². The number of hydrogen-bond donors (Lipinski definition) is 1. The second-order valence-corrected chi connectivity index (χ2v) is 6.66. The minimum atomic E-state index is -3.90. The highest BCUT2D eigenvalue weighted by atomic mass is 32.2. The first kappa shape index (κ1) is 16.7. The van der Waals surface area contributed by atoms with Gasteiger partial charge in [-0.05, 0) is 12.1 Å². The number of benzene rings is 2. The fourth-order valence-electron chi connectivity index (χ4n) is 2.14. The normalized spacial score (nSPS) is 11.1. The average molecular weight is 358 g/mol. The summed E-state index contributed by atoms with van der Waals surface area (Å²) in [5, 5.41) is 0. The van der Waals surface area contributed by atoms with Crippen LogP contribution in [0, 0.1) is 0 Å². The molecule has 0 amide bonds. The van der Waals surface area contributed by atoms with Crippen LogP contribution < -0.4 is 4.72 Å². The third-order valence-corrected chi connectivity index (χ3v) is 4.66. The number of ether oxygens (including phenoxy) is 1. The van der Waals surface area contributed by atoms with Crippen molar-refractivity contribution in [2.45, 2.75) is 4.90 Å². The number of carbonyl (C=O) groups excluding carboxylic acids is 1. The molecule has 128 valence electrons. The van der Waals surface area contributed by atoms with Crippen LogP contribution >= 0.6 is 0 Å². The van der Waals surface area contributed by atoms with Gasteiger partial charge in [0, 0.05) is 5.56 Å². The number of nitrogens with one attached hydrogen (secondary N) is 1. The van der Waals surface area contributed by atoms with Crippen molar-refractivity contribution >= 4 is 21.9 Å². The molecule has 0 radical (unpaired) electrons. The van der Waals surface area contributed by atoms with E-state index in [0.29, 0.717) is 5.56 Å². The van der Waals surface area contributed by atoms with Crippen LogP contribution in [0.4, 0.5) is 5.88 Å². The van der Waals surface area contributed by atoms with Crippen molar-refractivity contribution < 1.29 is 22.4 Å². The van der Waals surface area contributed by atoms with E-state index < -0.39 is 16.0 Å². The van der Waals surface area contributed by atoms with Gasteiger partial charge < -0.3 is 9.15 Å². The number of rotatable bonds is 5. The summed E-state index contributed by atoms with van der Waals surface area (Å²) in [6.07, 6.45) is 0. The van der Waals surface area contributed by atoms with Gasteiger partial charge in [-0.25, -0.2) is 22.9 Å². The van der Waals surface area contributed by atoms with Gasteiger partial charge in [0.2, 0.25) is 5.88 Å². The predicted octanol–water partition coefficient (Wildman–Crippen LogP) is 2.93. The molecule has 0 aliphatic carbocycles. The number of sulfonamides is 1. The maximum absolute atomic E-state index is 12.5. The Kier molecular flexibility index (Phi) is 4.53. The highest BCUT2D eigenvalue weighted by Gasteiger charge is 2.24. The molecule has 0 saturated carbocycles. The molecular weight excluding hydrogens is 344 g/mol. The van der Waals surface area contributed by atoms with Crippen LogP contribution in [0.5, 0.6) is 0 Å². The molecule has 3 aromatic rings. The van der Waals surface area contributed by atoms with Gasteiger partial charge in [-0.3, -0.25) is 0 Å². The summed E-state index contributed by atoms with van der Waals surface area (Å²) in [6.45, 7) is 0. The lowest BCUT2D eigenvalue weighted by atomic mass is 10.2. The van der Waals surface area contributed by atoms with Crippen molar-refractivity contribution in [1.82, 2.24) is 4.98 Å². The smallest absolute Gasteiger partial charge is 0.394 e. The first-order valence-corrected chi connectivity index (χ1v) is 8.72. The molecule has 0 aliphatic rings. The summed E-state index contributed by atoms with van der Waals surface area (Å²) in [6, 6.07) is 16.6. The summed E-state index contributed by atoms with van der Waals surface area (Å²) < 4.78 is 37.3. The standard InChI is InChI=1S/C17H14N2O5S/c1-23-17(20)16-18-14(12-8-4-2-5-9-12)15(24-16)19-25(21,22)13-10-6-3-7-11-13/h2-11,19H,1H3. The monoisotopic (exact) mass is 358 g/mol. The molecule has 7 nitrogen and oxygen atoms in total. The lowest BCUT2D eigenvalue weighted by Crippen LogP contribution is -2.12. The Morgan fingerprint density at radius 2 is 1.64 bits per heavy atom. The van der Waals surface area contributed by atoms with E-state index in [1.54, 1.807) is 48.5 Å². The maximum atomic E-state index is 12.5. The largest absolute Gasteiger partial charge is 0.462 e. The van der Waals surface area contributed by atoms with Gasteiger partial charge in [-0.1, -0.05) is 48.5 Å². The number of anilines is 1. The van der Waals surface area contributed by atoms with Crippen LogP contribution in [0.3, 0.4) is 0 Å². The van der Waals surface area contributed by atoms with Crippen molar-refractivity contribution in [2.24, 2.45) is 0 Å². The second kappa shape index (κ2) is 6.78. The lowest BCUT2D eigenvalue weighted by molar-refractivity contribution is 0.0557. The number of esters is 1. The first-order chi connectivity index (χ1) is 12.0. The first-order valence-electron chi connectivity index (χ1n) is 7.23. The van der Waals surface area contributed by atoms with E-state index in [4.69, 9.17) is 4.42 Å². The molecule has 0 aliphatic heterocycles. The zero-order valence-electron chi connectivity index (χ0n) is 13.2. The predicted molar refractivity (Wildman–Crippen MR) is 90.5 cm³/mol.